The van der Waals surface area contributed by atoms with E-state index in [9.17, 15) is 9.59 Å². The van der Waals surface area contributed by atoms with Crippen molar-refractivity contribution >= 4 is 23.2 Å². The number of carbonyl (C=O) groups excluding carboxylic acids is 2. The number of ketones is 2. The molecule has 1 aliphatic rings. The van der Waals surface area contributed by atoms with Gasteiger partial charge in [0.05, 0.1) is 5.92 Å². The molecule has 0 saturated heterocycles. The average molecular weight is 394 g/mol. The first kappa shape index (κ1) is 18.2. The zero-order chi connectivity index (χ0) is 19.5. The summed E-state index contributed by atoms with van der Waals surface area (Å²) in [6.45, 7) is 0.143. The quantitative estimate of drug-likeness (QED) is 0.568. The third-order valence-electron chi connectivity index (χ3n) is 4.62. The molecule has 1 atom stereocenters. The third-order valence-corrected chi connectivity index (χ3v) is 4.87. The van der Waals surface area contributed by atoms with E-state index in [1.807, 2.05) is 0 Å². The van der Waals surface area contributed by atoms with Crippen LogP contribution in [0.15, 0.2) is 67.0 Å². The van der Waals surface area contributed by atoms with Gasteiger partial charge < -0.3 is 9.47 Å². The van der Waals surface area contributed by atoms with E-state index in [0.717, 1.165) is 0 Å². The Hall–Kier alpha value is -3.18. The summed E-state index contributed by atoms with van der Waals surface area (Å²) in [5, 5.41) is 0.551. The minimum atomic E-state index is -0.665. The van der Waals surface area contributed by atoms with E-state index in [4.69, 9.17) is 21.1 Å². The molecule has 0 saturated carbocycles. The lowest BCUT2D eigenvalue weighted by atomic mass is 9.85. The number of carbonyl (C=O) groups is 2. The zero-order valence-corrected chi connectivity index (χ0v) is 15.6. The van der Waals surface area contributed by atoms with Crippen molar-refractivity contribution in [3.8, 4) is 11.5 Å². The molecule has 0 spiro atoms. The molecule has 1 aromatic heterocycles. The van der Waals surface area contributed by atoms with E-state index in [1.165, 1.54) is 6.20 Å². The van der Waals surface area contributed by atoms with Gasteiger partial charge in [0, 0.05) is 35.0 Å². The third kappa shape index (κ3) is 3.75. The van der Waals surface area contributed by atoms with Crippen molar-refractivity contribution in [2.45, 2.75) is 12.3 Å². The largest absolute Gasteiger partial charge is 0.454 e. The van der Waals surface area contributed by atoms with Crippen LogP contribution in [0.4, 0.5) is 0 Å². The summed E-state index contributed by atoms with van der Waals surface area (Å²) >= 11 is 5.90. The van der Waals surface area contributed by atoms with Crippen LogP contribution in [0.2, 0.25) is 5.02 Å². The van der Waals surface area contributed by atoms with Crippen LogP contribution in [-0.4, -0.2) is 23.3 Å². The lowest BCUT2D eigenvalue weighted by Crippen LogP contribution is -2.17. The molecule has 0 N–H and O–H groups in total. The number of benzene rings is 2. The predicted octanol–water partition coefficient (Wildman–Crippen LogP) is 4.70. The highest BCUT2D eigenvalue weighted by molar-refractivity contribution is 6.30. The smallest absolute Gasteiger partial charge is 0.231 e. The van der Waals surface area contributed by atoms with Crippen LogP contribution < -0.4 is 9.47 Å². The molecule has 0 unspecified atom stereocenters. The number of aromatic nitrogens is 1. The first-order valence-corrected chi connectivity index (χ1v) is 9.12. The van der Waals surface area contributed by atoms with E-state index in [2.05, 4.69) is 4.98 Å². The number of pyridine rings is 1. The summed E-state index contributed by atoms with van der Waals surface area (Å²) in [6, 6.07) is 15.4. The fourth-order valence-corrected chi connectivity index (χ4v) is 3.27. The number of ether oxygens (including phenoxy) is 2. The Kier molecular flexibility index (Phi) is 5.08. The van der Waals surface area contributed by atoms with Gasteiger partial charge in [-0.3, -0.25) is 14.6 Å². The van der Waals surface area contributed by atoms with Crippen molar-refractivity contribution in [1.82, 2.24) is 4.98 Å². The first-order chi connectivity index (χ1) is 13.6. The Morgan fingerprint density at radius 2 is 1.79 bits per heavy atom. The highest BCUT2D eigenvalue weighted by Crippen LogP contribution is 2.36. The van der Waals surface area contributed by atoms with Gasteiger partial charge in [0.25, 0.3) is 0 Å². The summed E-state index contributed by atoms with van der Waals surface area (Å²) < 4.78 is 10.8. The van der Waals surface area contributed by atoms with Crippen LogP contribution in [-0.2, 0) is 0 Å². The minimum absolute atomic E-state index is 0.0228. The highest BCUT2D eigenvalue weighted by atomic mass is 35.5. The Morgan fingerprint density at radius 3 is 2.54 bits per heavy atom. The molecule has 140 valence electrons. The van der Waals surface area contributed by atoms with Gasteiger partial charge in [-0.25, -0.2) is 0 Å². The maximum atomic E-state index is 13.2. The Morgan fingerprint density at radius 1 is 1.00 bits per heavy atom. The van der Waals surface area contributed by atoms with Gasteiger partial charge in [0.1, 0.15) is 0 Å². The maximum Gasteiger partial charge on any atom is 0.231 e. The maximum absolute atomic E-state index is 13.2. The van der Waals surface area contributed by atoms with Crippen molar-refractivity contribution in [3.05, 3.63) is 88.7 Å². The molecule has 6 heteroatoms. The molecular weight excluding hydrogens is 378 g/mol. The van der Waals surface area contributed by atoms with E-state index >= 15 is 0 Å². The molecule has 0 aliphatic carbocycles. The van der Waals surface area contributed by atoms with E-state index in [0.29, 0.717) is 33.2 Å². The number of Topliss-reactive ketones (excluding diaryl/α,β-unsaturated/α-hetero) is 2. The van der Waals surface area contributed by atoms with Gasteiger partial charge in [-0.1, -0.05) is 17.7 Å². The first-order valence-electron chi connectivity index (χ1n) is 8.74. The number of rotatable bonds is 6. The standard InChI is InChI=1S/C22H16ClNO4/c23-17-6-3-14(4-7-17)19(25)11-18(22(26)16-2-1-9-24-12-16)15-5-8-20-21(10-15)28-13-27-20/h1-10,12,18H,11,13H2/t18-/m0/s1. The molecule has 0 amide bonds. The van der Waals surface area contributed by atoms with Crippen LogP contribution >= 0.6 is 11.6 Å². The Bertz CT molecular complexity index is 1020. The lowest BCUT2D eigenvalue weighted by Gasteiger charge is -2.16. The Balaban J connectivity index is 1.68. The molecule has 5 nitrogen and oxygen atoms in total. The number of hydrogen-bond acceptors (Lipinski definition) is 5. The molecule has 0 radical (unpaired) electrons. The molecule has 4 rings (SSSR count). The summed E-state index contributed by atoms with van der Waals surface area (Å²) in [5.74, 6) is 0.216. The molecular formula is C22H16ClNO4. The summed E-state index contributed by atoms with van der Waals surface area (Å²) in [5.41, 5.74) is 1.66. The van der Waals surface area contributed by atoms with Gasteiger partial charge in [0.2, 0.25) is 6.79 Å². The zero-order valence-electron chi connectivity index (χ0n) is 14.8. The second-order valence-corrected chi connectivity index (χ2v) is 6.84. The monoisotopic (exact) mass is 393 g/mol. The lowest BCUT2D eigenvalue weighted by molar-refractivity contribution is 0.0893. The molecule has 0 bridgehead atoms. The normalized spacial score (nSPS) is 13.2. The van der Waals surface area contributed by atoms with Gasteiger partial charge in [-0.2, -0.15) is 0 Å². The second kappa shape index (κ2) is 7.82. The Labute approximate surface area is 166 Å². The SMILES string of the molecule is O=C(C[C@H](C(=O)c1cccnc1)c1ccc2c(c1)OCO2)c1ccc(Cl)cc1. The predicted molar refractivity (Wildman–Crippen MR) is 104 cm³/mol. The molecule has 28 heavy (non-hydrogen) atoms. The average Bonchev–Trinajstić information content (AvgIpc) is 3.20. The number of fused-ring (bicyclic) bond motifs is 1. The molecule has 0 fully saturated rings. The van der Waals surface area contributed by atoms with Gasteiger partial charge in [-0.15, -0.1) is 0 Å². The summed E-state index contributed by atoms with van der Waals surface area (Å²) in [6.07, 6.45) is 3.13. The van der Waals surface area contributed by atoms with Crippen LogP contribution in [0.3, 0.4) is 0 Å². The van der Waals surface area contributed by atoms with Crippen molar-refractivity contribution in [2.24, 2.45) is 0 Å². The summed E-state index contributed by atoms with van der Waals surface area (Å²) in [4.78, 5) is 30.0. The van der Waals surface area contributed by atoms with Crippen LogP contribution in [0.1, 0.15) is 38.6 Å². The van der Waals surface area contributed by atoms with Crippen LogP contribution in [0, 0.1) is 0 Å². The van der Waals surface area contributed by atoms with Crippen molar-refractivity contribution in [2.75, 3.05) is 6.79 Å². The van der Waals surface area contributed by atoms with Crippen molar-refractivity contribution in [3.63, 3.8) is 0 Å². The van der Waals surface area contributed by atoms with Crippen LogP contribution in [0.5, 0.6) is 11.5 Å². The number of halogens is 1. The topological polar surface area (TPSA) is 65.5 Å². The van der Waals surface area contributed by atoms with Crippen LogP contribution in [0.25, 0.3) is 0 Å². The van der Waals surface area contributed by atoms with Gasteiger partial charge in [0.15, 0.2) is 23.1 Å². The second-order valence-electron chi connectivity index (χ2n) is 6.41. The van der Waals surface area contributed by atoms with E-state index < -0.39 is 5.92 Å². The van der Waals surface area contributed by atoms with Gasteiger partial charge in [-0.05, 0) is 54.1 Å². The molecule has 2 heterocycles. The molecule has 1 aliphatic heterocycles. The van der Waals surface area contributed by atoms with E-state index in [1.54, 1.807) is 60.8 Å². The fourth-order valence-electron chi connectivity index (χ4n) is 3.14. The molecule has 2 aromatic carbocycles. The van der Waals surface area contributed by atoms with Crippen molar-refractivity contribution in [1.29, 1.82) is 0 Å². The fraction of sp³-hybridized carbons (Fsp3) is 0.136. The van der Waals surface area contributed by atoms with E-state index in [-0.39, 0.29) is 24.8 Å². The minimum Gasteiger partial charge on any atom is -0.454 e. The molecule has 3 aromatic rings. The van der Waals surface area contributed by atoms with Gasteiger partial charge >= 0.3 is 0 Å². The number of nitrogens with zero attached hydrogens (tertiary/aromatic N) is 1. The summed E-state index contributed by atoms with van der Waals surface area (Å²) in [7, 11) is 0. The van der Waals surface area contributed by atoms with Crippen molar-refractivity contribution < 1.29 is 19.1 Å². The number of hydrogen-bond donors (Lipinski definition) is 0. The highest BCUT2D eigenvalue weighted by Gasteiger charge is 2.27.